The number of methoxy groups -OCH3 is 1. The molecule has 0 amide bonds. The Labute approximate surface area is 176 Å². The number of hydrogen-bond acceptors (Lipinski definition) is 5. The van der Waals surface area contributed by atoms with Crippen molar-refractivity contribution in [3.05, 3.63) is 51.5 Å². The average molecular weight is 504 g/mol. The van der Waals surface area contributed by atoms with Crippen LogP contribution < -0.4 is 13.8 Å². The fourth-order valence-corrected chi connectivity index (χ4v) is 4.61. The summed E-state index contributed by atoms with van der Waals surface area (Å²) in [6.45, 7) is 0.109. The maximum atomic E-state index is 12.5. The summed E-state index contributed by atoms with van der Waals surface area (Å²) in [6, 6.07) is 9.94. The second-order valence-electron chi connectivity index (χ2n) is 5.27. The van der Waals surface area contributed by atoms with Gasteiger partial charge in [-0.2, -0.15) is 8.42 Å². The highest BCUT2D eigenvalue weighted by atomic mass is 79.9. The lowest BCUT2D eigenvalue weighted by molar-refractivity contribution is 0.415. The van der Waals surface area contributed by atoms with Crippen LogP contribution in [0.5, 0.6) is 11.5 Å². The monoisotopic (exact) mass is 501 g/mol. The Balaban J connectivity index is 2.16. The zero-order chi connectivity index (χ0) is 19.5. The van der Waals surface area contributed by atoms with E-state index in [1.165, 1.54) is 12.1 Å². The Morgan fingerprint density at radius 3 is 2.35 bits per heavy atom. The molecule has 0 bridgehead atoms. The number of hydrogen-bond donors (Lipinski definition) is 0. The number of anilines is 1. The fraction of sp³-hybridized carbons (Fsp3) is 0.250. The third kappa shape index (κ3) is 5.33. The number of ether oxygens (including phenoxy) is 1. The molecule has 1 atom stereocenters. The minimum absolute atomic E-state index is 0.00641. The molecule has 0 heterocycles. The van der Waals surface area contributed by atoms with Gasteiger partial charge in [0.25, 0.3) is 0 Å². The Morgan fingerprint density at radius 1 is 1.15 bits per heavy atom. The Hall–Kier alpha value is -0.860. The molecule has 0 aliphatic carbocycles. The highest BCUT2D eigenvalue weighted by Gasteiger charge is 2.28. The molecule has 0 aliphatic rings. The first-order valence-corrected chi connectivity index (χ1v) is 10.7. The molecule has 10 heteroatoms. The summed E-state index contributed by atoms with van der Waals surface area (Å²) in [5, 5.41) is 0.289. The van der Waals surface area contributed by atoms with E-state index in [9.17, 15) is 8.42 Å². The zero-order valence-electron chi connectivity index (χ0n) is 13.7. The van der Waals surface area contributed by atoms with Gasteiger partial charge in [0, 0.05) is 30.4 Å². The van der Waals surface area contributed by atoms with Crippen LogP contribution in [-0.4, -0.2) is 33.3 Å². The molecule has 0 spiro atoms. The summed E-state index contributed by atoms with van der Waals surface area (Å²) in [5.41, 5.74) is 0.784. The normalized spacial score (nSPS) is 12.5. The van der Waals surface area contributed by atoms with E-state index in [0.29, 0.717) is 5.75 Å². The van der Waals surface area contributed by atoms with Gasteiger partial charge in [-0.3, -0.25) is 0 Å². The van der Waals surface area contributed by atoms with E-state index in [0.717, 1.165) is 5.69 Å². The Bertz CT molecular complexity index is 872. The van der Waals surface area contributed by atoms with Crippen molar-refractivity contribution in [3.8, 4) is 11.5 Å². The second-order valence-corrected chi connectivity index (χ2v) is 9.95. The van der Waals surface area contributed by atoms with E-state index in [1.54, 1.807) is 31.2 Å². The zero-order valence-corrected chi connectivity index (χ0v) is 18.4. The van der Waals surface area contributed by atoms with Crippen LogP contribution in [0.15, 0.2) is 36.4 Å². The molecule has 0 aliphatic heterocycles. The maximum absolute atomic E-state index is 12.5. The van der Waals surface area contributed by atoms with Crippen molar-refractivity contribution in [1.29, 1.82) is 0 Å². The second kappa shape index (κ2) is 8.89. The van der Waals surface area contributed by atoms with Gasteiger partial charge in [-0.15, -0.1) is 0 Å². The van der Waals surface area contributed by atoms with Crippen LogP contribution in [0.4, 0.5) is 5.69 Å². The summed E-state index contributed by atoms with van der Waals surface area (Å²) in [5.74, 6) is 0.505. The standard InChI is InChI=1S/C16H15BrCl3NO4S/c1-21(11-4-3-5-12(8-11)24-2)9-15(17)26(22,23)25-16-13(19)6-10(18)7-14(16)20/h3-8,15H,9H2,1-2H3. The highest BCUT2D eigenvalue weighted by Crippen LogP contribution is 2.37. The first-order chi connectivity index (χ1) is 12.1. The van der Waals surface area contributed by atoms with Gasteiger partial charge in [0.15, 0.2) is 9.91 Å². The van der Waals surface area contributed by atoms with Gasteiger partial charge in [0.05, 0.1) is 17.2 Å². The number of rotatable bonds is 7. The summed E-state index contributed by atoms with van der Waals surface area (Å²) in [4.78, 5) is 1.74. The predicted octanol–water partition coefficient (Wildman–Crippen LogP) is 5.22. The van der Waals surface area contributed by atoms with Crippen molar-refractivity contribution in [1.82, 2.24) is 0 Å². The third-order valence-electron chi connectivity index (χ3n) is 3.39. The van der Waals surface area contributed by atoms with E-state index in [-0.39, 0.29) is 27.4 Å². The molecule has 2 aromatic rings. The molecule has 2 rings (SSSR count). The van der Waals surface area contributed by atoms with Crippen molar-refractivity contribution in [3.63, 3.8) is 0 Å². The van der Waals surface area contributed by atoms with Gasteiger partial charge < -0.3 is 13.8 Å². The molecule has 0 saturated heterocycles. The smallest absolute Gasteiger partial charge is 0.324 e. The molecule has 0 saturated carbocycles. The van der Waals surface area contributed by atoms with Crippen LogP contribution in [0.25, 0.3) is 0 Å². The quantitative estimate of drug-likeness (QED) is 0.383. The van der Waals surface area contributed by atoms with Gasteiger partial charge in [-0.05, 0) is 24.3 Å². The van der Waals surface area contributed by atoms with Gasteiger partial charge >= 0.3 is 10.1 Å². The molecule has 0 fully saturated rings. The summed E-state index contributed by atoms with van der Waals surface area (Å²) in [6.07, 6.45) is 0. The Kier molecular flexibility index (Phi) is 7.33. The lowest BCUT2D eigenvalue weighted by atomic mass is 10.3. The largest absolute Gasteiger partial charge is 0.497 e. The van der Waals surface area contributed by atoms with Crippen LogP contribution in [0.3, 0.4) is 0 Å². The van der Waals surface area contributed by atoms with Gasteiger partial charge in [0.1, 0.15) is 5.75 Å². The summed E-state index contributed by atoms with van der Waals surface area (Å²) < 4.78 is 34.3. The number of halogens is 4. The third-order valence-corrected chi connectivity index (χ3v) is 7.00. The Morgan fingerprint density at radius 2 is 1.77 bits per heavy atom. The fourth-order valence-electron chi connectivity index (χ4n) is 2.04. The molecule has 5 nitrogen and oxygen atoms in total. The van der Waals surface area contributed by atoms with E-state index < -0.39 is 14.3 Å². The van der Waals surface area contributed by atoms with E-state index >= 15 is 0 Å². The average Bonchev–Trinajstić information content (AvgIpc) is 2.58. The van der Waals surface area contributed by atoms with E-state index in [1.807, 2.05) is 12.1 Å². The van der Waals surface area contributed by atoms with Crippen LogP contribution >= 0.6 is 50.7 Å². The SMILES string of the molecule is COc1cccc(N(C)CC(Br)S(=O)(=O)Oc2c(Cl)cc(Cl)cc2Cl)c1. The van der Waals surface area contributed by atoms with Crippen molar-refractivity contribution < 1.29 is 17.3 Å². The van der Waals surface area contributed by atoms with E-state index in [4.69, 9.17) is 43.7 Å². The molecule has 2 aromatic carbocycles. The van der Waals surface area contributed by atoms with Gasteiger partial charge in [0.2, 0.25) is 0 Å². The first kappa shape index (κ1) is 21.4. The molecule has 26 heavy (non-hydrogen) atoms. The minimum Gasteiger partial charge on any atom is -0.497 e. The van der Waals surface area contributed by atoms with Crippen molar-refractivity contribution in [2.45, 2.75) is 4.16 Å². The number of benzene rings is 2. The molecular formula is C16H15BrCl3NO4S. The molecule has 0 aromatic heterocycles. The summed E-state index contributed by atoms with van der Waals surface area (Å²) in [7, 11) is -0.748. The topological polar surface area (TPSA) is 55.8 Å². The maximum Gasteiger partial charge on any atom is 0.324 e. The first-order valence-electron chi connectivity index (χ1n) is 7.21. The van der Waals surface area contributed by atoms with Crippen LogP contribution in [-0.2, 0) is 10.1 Å². The van der Waals surface area contributed by atoms with Gasteiger partial charge in [-0.25, -0.2) is 0 Å². The molecule has 0 radical (unpaired) electrons. The van der Waals surface area contributed by atoms with Crippen LogP contribution in [0.2, 0.25) is 15.1 Å². The van der Waals surface area contributed by atoms with Crippen LogP contribution in [0.1, 0.15) is 0 Å². The number of nitrogens with zero attached hydrogens (tertiary/aromatic N) is 1. The molecule has 0 N–H and O–H groups in total. The highest BCUT2D eigenvalue weighted by molar-refractivity contribution is 9.11. The van der Waals surface area contributed by atoms with E-state index in [2.05, 4.69) is 15.9 Å². The lowest BCUT2D eigenvalue weighted by Gasteiger charge is -2.23. The molecular weight excluding hydrogens is 489 g/mol. The predicted molar refractivity (Wildman–Crippen MR) is 110 cm³/mol. The minimum atomic E-state index is -4.06. The molecule has 1 unspecified atom stereocenters. The van der Waals surface area contributed by atoms with Crippen molar-refractivity contribution >= 4 is 66.5 Å². The molecule has 142 valence electrons. The number of alkyl halides is 1. The van der Waals surface area contributed by atoms with Crippen molar-refractivity contribution in [2.75, 3.05) is 25.6 Å². The van der Waals surface area contributed by atoms with Crippen molar-refractivity contribution in [2.24, 2.45) is 0 Å². The van der Waals surface area contributed by atoms with Gasteiger partial charge in [-0.1, -0.05) is 56.8 Å². The lowest BCUT2D eigenvalue weighted by Crippen LogP contribution is -2.33. The summed E-state index contributed by atoms with van der Waals surface area (Å²) >= 11 is 20.9. The van der Waals surface area contributed by atoms with Crippen LogP contribution in [0, 0.1) is 0 Å².